The van der Waals surface area contributed by atoms with Crippen molar-refractivity contribution in [3.63, 3.8) is 0 Å². The summed E-state index contributed by atoms with van der Waals surface area (Å²) in [5.74, 6) is 1.00. The summed E-state index contributed by atoms with van der Waals surface area (Å²) in [5, 5.41) is 11.6. The second-order valence-corrected chi connectivity index (χ2v) is 5.04. The number of rotatable bonds is 3. The topological polar surface area (TPSA) is 78.0 Å². The Morgan fingerprint density at radius 1 is 1.47 bits per heavy atom. The fourth-order valence-corrected chi connectivity index (χ4v) is 2.37. The van der Waals surface area contributed by atoms with Gasteiger partial charge in [0.25, 0.3) is 0 Å². The minimum atomic E-state index is 0.0843. The van der Waals surface area contributed by atoms with E-state index in [-0.39, 0.29) is 5.84 Å². The zero-order valence-electron chi connectivity index (χ0n) is 11.5. The van der Waals surface area contributed by atoms with E-state index in [0.29, 0.717) is 11.6 Å². The van der Waals surface area contributed by atoms with Gasteiger partial charge in [0.15, 0.2) is 5.84 Å². The highest BCUT2D eigenvalue weighted by atomic mass is 16.4. The van der Waals surface area contributed by atoms with Crippen LogP contribution in [0, 0.1) is 0 Å². The van der Waals surface area contributed by atoms with Crippen LogP contribution in [-0.2, 0) is 0 Å². The number of nitrogens with zero attached hydrogens (tertiary/aromatic N) is 4. The molecule has 1 aromatic rings. The first kappa shape index (κ1) is 13.6. The fourth-order valence-electron chi connectivity index (χ4n) is 2.37. The van der Waals surface area contributed by atoms with Crippen molar-refractivity contribution < 1.29 is 5.21 Å². The largest absolute Gasteiger partial charge is 0.409 e. The Labute approximate surface area is 113 Å². The van der Waals surface area contributed by atoms with E-state index in [9.17, 15) is 0 Å². The van der Waals surface area contributed by atoms with E-state index in [4.69, 9.17) is 10.9 Å². The minimum absolute atomic E-state index is 0.0843. The van der Waals surface area contributed by atoms with E-state index in [1.165, 1.54) is 0 Å². The van der Waals surface area contributed by atoms with Gasteiger partial charge in [0.05, 0.1) is 0 Å². The molecule has 0 unspecified atom stereocenters. The van der Waals surface area contributed by atoms with Gasteiger partial charge in [-0.15, -0.1) is 0 Å². The monoisotopic (exact) mass is 263 g/mol. The molecule has 6 heteroatoms. The second-order valence-electron chi connectivity index (χ2n) is 5.04. The predicted octanol–water partition coefficient (Wildman–Crippen LogP) is 0.707. The van der Waals surface area contributed by atoms with E-state index >= 15 is 0 Å². The minimum Gasteiger partial charge on any atom is -0.409 e. The molecule has 0 spiro atoms. The third-order valence-electron chi connectivity index (χ3n) is 3.75. The standard InChI is InChI=1S/C13H21N5O/c1-17-7-5-11(6-8-17)18(2)12-4-3-10(9-15-12)13(14)16-19/h3-4,9,11,19H,5-8H2,1-2H3,(H2,14,16). The molecule has 2 rings (SSSR count). The van der Waals surface area contributed by atoms with Crippen LogP contribution in [0.25, 0.3) is 0 Å². The van der Waals surface area contributed by atoms with Crippen molar-refractivity contribution in [1.82, 2.24) is 9.88 Å². The molecule has 2 heterocycles. The molecule has 0 bridgehead atoms. The first-order valence-electron chi connectivity index (χ1n) is 6.47. The Morgan fingerprint density at radius 3 is 2.68 bits per heavy atom. The van der Waals surface area contributed by atoms with Crippen LogP contribution in [-0.4, -0.2) is 54.2 Å². The van der Waals surface area contributed by atoms with Crippen LogP contribution in [0.2, 0.25) is 0 Å². The van der Waals surface area contributed by atoms with Gasteiger partial charge in [-0.25, -0.2) is 4.98 Å². The average molecular weight is 263 g/mol. The molecule has 0 atom stereocenters. The van der Waals surface area contributed by atoms with Gasteiger partial charge in [0.2, 0.25) is 0 Å². The van der Waals surface area contributed by atoms with Gasteiger partial charge in [-0.3, -0.25) is 0 Å². The molecule has 1 fully saturated rings. The highest BCUT2D eigenvalue weighted by molar-refractivity contribution is 5.96. The molecular weight excluding hydrogens is 242 g/mol. The lowest BCUT2D eigenvalue weighted by atomic mass is 10.0. The van der Waals surface area contributed by atoms with Gasteiger partial charge < -0.3 is 20.7 Å². The zero-order chi connectivity index (χ0) is 13.8. The molecule has 6 nitrogen and oxygen atoms in total. The number of likely N-dealkylation sites (tertiary alicyclic amines) is 1. The first-order valence-corrected chi connectivity index (χ1v) is 6.47. The van der Waals surface area contributed by atoms with Gasteiger partial charge in [-0.1, -0.05) is 5.16 Å². The number of pyridine rings is 1. The van der Waals surface area contributed by atoms with Crippen LogP contribution in [0.3, 0.4) is 0 Å². The van der Waals surface area contributed by atoms with Crippen LogP contribution >= 0.6 is 0 Å². The number of hydrogen-bond acceptors (Lipinski definition) is 5. The number of hydrogen-bond donors (Lipinski definition) is 2. The molecule has 1 aliphatic rings. The van der Waals surface area contributed by atoms with Crippen LogP contribution in [0.1, 0.15) is 18.4 Å². The lowest BCUT2D eigenvalue weighted by Crippen LogP contribution is -2.42. The first-order chi connectivity index (χ1) is 9.11. The molecule has 19 heavy (non-hydrogen) atoms. The summed E-state index contributed by atoms with van der Waals surface area (Å²) in [5.41, 5.74) is 6.15. The van der Waals surface area contributed by atoms with E-state index in [1.807, 2.05) is 12.1 Å². The molecule has 0 amide bonds. The van der Waals surface area contributed by atoms with E-state index in [2.05, 4.69) is 34.0 Å². The highest BCUT2D eigenvalue weighted by Crippen LogP contribution is 2.19. The molecule has 0 radical (unpaired) electrons. The fraction of sp³-hybridized carbons (Fsp3) is 0.538. The van der Waals surface area contributed by atoms with E-state index in [1.54, 1.807) is 6.20 Å². The Hall–Kier alpha value is -1.82. The summed E-state index contributed by atoms with van der Waals surface area (Å²) >= 11 is 0. The van der Waals surface area contributed by atoms with Gasteiger partial charge in [0.1, 0.15) is 5.82 Å². The van der Waals surface area contributed by atoms with E-state index in [0.717, 1.165) is 31.7 Å². The summed E-state index contributed by atoms with van der Waals surface area (Å²) < 4.78 is 0. The van der Waals surface area contributed by atoms with Gasteiger partial charge >= 0.3 is 0 Å². The summed E-state index contributed by atoms with van der Waals surface area (Å²) in [6.07, 6.45) is 3.93. The van der Waals surface area contributed by atoms with Crippen LogP contribution < -0.4 is 10.6 Å². The molecule has 0 saturated carbocycles. The van der Waals surface area contributed by atoms with E-state index < -0.39 is 0 Å². The highest BCUT2D eigenvalue weighted by Gasteiger charge is 2.21. The summed E-state index contributed by atoms with van der Waals surface area (Å²) in [7, 11) is 4.22. The summed E-state index contributed by atoms with van der Waals surface area (Å²) in [4.78, 5) is 8.94. The Bertz CT molecular complexity index is 437. The summed E-state index contributed by atoms with van der Waals surface area (Å²) in [6, 6.07) is 4.26. The molecule has 1 saturated heterocycles. The van der Waals surface area contributed by atoms with Crippen LogP contribution in [0.4, 0.5) is 5.82 Å². The van der Waals surface area contributed by atoms with Gasteiger partial charge in [-0.2, -0.15) is 0 Å². The Morgan fingerprint density at radius 2 is 2.16 bits per heavy atom. The number of oxime groups is 1. The number of amidine groups is 1. The van der Waals surface area contributed by atoms with Crippen molar-refractivity contribution >= 4 is 11.7 Å². The quantitative estimate of drug-likeness (QED) is 0.363. The lowest BCUT2D eigenvalue weighted by Gasteiger charge is -2.35. The van der Waals surface area contributed by atoms with Crippen molar-refractivity contribution in [2.24, 2.45) is 10.9 Å². The maximum atomic E-state index is 8.62. The maximum absolute atomic E-state index is 8.62. The molecule has 3 N–H and O–H groups in total. The van der Waals surface area contributed by atoms with Crippen LogP contribution in [0.5, 0.6) is 0 Å². The van der Waals surface area contributed by atoms with Gasteiger partial charge in [-0.05, 0) is 45.1 Å². The van der Waals surface area contributed by atoms with Crippen molar-refractivity contribution in [1.29, 1.82) is 0 Å². The predicted molar refractivity (Wildman–Crippen MR) is 75.7 cm³/mol. The lowest BCUT2D eigenvalue weighted by molar-refractivity contribution is 0.252. The van der Waals surface area contributed by atoms with Gasteiger partial charge in [0, 0.05) is 24.8 Å². The van der Waals surface area contributed by atoms with Crippen LogP contribution in [0.15, 0.2) is 23.5 Å². The number of anilines is 1. The molecule has 0 aliphatic carbocycles. The molecule has 1 aliphatic heterocycles. The average Bonchev–Trinajstić information content (AvgIpc) is 2.46. The SMILES string of the molecule is CN1CCC(N(C)c2ccc(/C(N)=N/O)cn2)CC1. The summed E-state index contributed by atoms with van der Waals surface area (Å²) in [6.45, 7) is 2.24. The number of aromatic nitrogens is 1. The number of nitrogens with two attached hydrogens (primary N) is 1. The number of piperidine rings is 1. The Kier molecular flexibility index (Phi) is 4.21. The second kappa shape index (κ2) is 5.88. The van der Waals surface area contributed by atoms with Crippen molar-refractivity contribution in [2.45, 2.75) is 18.9 Å². The van der Waals surface area contributed by atoms with Crippen molar-refractivity contribution in [3.05, 3.63) is 23.9 Å². The smallest absolute Gasteiger partial charge is 0.171 e. The molecule has 1 aromatic heterocycles. The molecule has 0 aromatic carbocycles. The van der Waals surface area contributed by atoms with Crippen molar-refractivity contribution in [2.75, 3.05) is 32.1 Å². The molecule has 104 valence electrons. The zero-order valence-corrected chi connectivity index (χ0v) is 11.5. The molecular formula is C13H21N5O. The third kappa shape index (κ3) is 3.14. The Balaban J connectivity index is 2.05. The normalized spacial score (nSPS) is 18.5. The van der Waals surface area contributed by atoms with Crippen molar-refractivity contribution in [3.8, 4) is 0 Å². The third-order valence-corrected chi connectivity index (χ3v) is 3.75. The maximum Gasteiger partial charge on any atom is 0.171 e.